The van der Waals surface area contributed by atoms with Crippen LogP contribution < -0.4 is 16.0 Å². The third kappa shape index (κ3) is 4.72. The smallest absolute Gasteiger partial charge is 0.399 e. The summed E-state index contributed by atoms with van der Waals surface area (Å²) in [6, 6.07) is 5.29. The quantitative estimate of drug-likeness (QED) is 0.563. The molecule has 9 heteroatoms. The first-order chi connectivity index (χ1) is 15.2. The first-order valence-corrected chi connectivity index (χ1v) is 10.7. The van der Waals surface area contributed by atoms with E-state index < -0.39 is 17.8 Å². The number of halogens is 3. The number of likely N-dealkylation sites (N-methyl/N-ethyl adjacent to an activating group) is 1. The lowest BCUT2D eigenvalue weighted by Crippen LogP contribution is -2.46. The van der Waals surface area contributed by atoms with Gasteiger partial charge in [-0.2, -0.15) is 13.2 Å². The molecule has 170 valence electrons. The summed E-state index contributed by atoms with van der Waals surface area (Å²) in [6.45, 7) is 8.87. The maximum atomic E-state index is 13.2. The molecule has 1 aromatic carbocycles. The molecule has 1 fully saturated rings. The van der Waals surface area contributed by atoms with Crippen LogP contribution in [-0.4, -0.2) is 47.6 Å². The van der Waals surface area contributed by atoms with Gasteiger partial charge in [0.15, 0.2) is 0 Å². The van der Waals surface area contributed by atoms with Crippen LogP contribution in [0.15, 0.2) is 42.9 Å². The molecule has 1 saturated heterocycles. The number of piperazine rings is 1. The average molecular weight is 445 g/mol. The molecule has 3 heterocycles. The Hall–Kier alpha value is -3.07. The molecule has 0 radical (unpaired) electrons. The van der Waals surface area contributed by atoms with E-state index in [-0.39, 0.29) is 5.69 Å². The minimum Gasteiger partial charge on any atom is -0.399 e. The Kier molecular flexibility index (Phi) is 6.10. The van der Waals surface area contributed by atoms with Gasteiger partial charge < -0.3 is 20.9 Å². The highest BCUT2D eigenvalue weighted by molar-refractivity contribution is 5.92. The van der Waals surface area contributed by atoms with Crippen molar-refractivity contribution in [3.63, 3.8) is 0 Å². The van der Waals surface area contributed by atoms with E-state index in [2.05, 4.69) is 38.1 Å². The largest absolute Gasteiger partial charge is 0.416 e. The molecular weight excluding hydrogens is 417 g/mol. The van der Waals surface area contributed by atoms with Gasteiger partial charge in [0, 0.05) is 43.3 Å². The van der Waals surface area contributed by atoms with Crippen LogP contribution in [0.5, 0.6) is 0 Å². The second-order valence-electron chi connectivity index (χ2n) is 8.12. The number of nitrogens with zero attached hydrogens (tertiary/aromatic N) is 4. The maximum absolute atomic E-state index is 13.2. The van der Waals surface area contributed by atoms with Crippen LogP contribution in [0.1, 0.15) is 31.0 Å². The molecular formula is C23H27F3N6. The molecule has 3 aromatic rings. The van der Waals surface area contributed by atoms with Crippen LogP contribution in [0.25, 0.3) is 10.9 Å². The molecule has 1 aliphatic rings. The van der Waals surface area contributed by atoms with E-state index in [1.165, 1.54) is 0 Å². The maximum Gasteiger partial charge on any atom is 0.416 e. The summed E-state index contributed by atoms with van der Waals surface area (Å²) in [4.78, 5) is 13.5. The van der Waals surface area contributed by atoms with Crippen molar-refractivity contribution in [2.75, 3.05) is 48.7 Å². The van der Waals surface area contributed by atoms with Crippen LogP contribution >= 0.6 is 0 Å². The van der Waals surface area contributed by atoms with Crippen LogP contribution in [0.4, 0.5) is 30.2 Å². The van der Waals surface area contributed by atoms with E-state index in [9.17, 15) is 13.2 Å². The highest BCUT2D eigenvalue weighted by atomic mass is 19.4. The summed E-state index contributed by atoms with van der Waals surface area (Å²) in [7, 11) is 0. The average Bonchev–Trinajstić information content (AvgIpc) is 2.78. The molecule has 0 saturated carbocycles. The standard InChI is InChI=1S/C23H27F3N6/c1-3-31-4-6-32(7-5-31)19-11-20-21(29-12-19)13-28-14-22(20)30-15(2)16-8-17(23(24,25)26)10-18(27)9-16/h8-15,30H,3-7,27H2,1-2H3. The molecule has 0 aliphatic carbocycles. The van der Waals surface area contributed by atoms with Gasteiger partial charge in [-0.1, -0.05) is 6.92 Å². The van der Waals surface area contributed by atoms with Gasteiger partial charge in [0.2, 0.25) is 0 Å². The van der Waals surface area contributed by atoms with Crippen molar-refractivity contribution in [3.8, 4) is 0 Å². The fourth-order valence-corrected chi connectivity index (χ4v) is 4.05. The van der Waals surface area contributed by atoms with Crippen molar-refractivity contribution < 1.29 is 13.2 Å². The van der Waals surface area contributed by atoms with E-state index in [1.54, 1.807) is 25.4 Å². The number of rotatable bonds is 5. The molecule has 32 heavy (non-hydrogen) atoms. The fourth-order valence-electron chi connectivity index (χ4n) is 4.05. The molecule has 1 aliphatic heterocycles. The molecule has 4 rings (SSSR count). The van der Waals surface area contributed by atoms with Crippen molar-refractivity contribution >= 4 is 28.0 Å². The van der Waals surface area contributed by atoms with Crippen molar-refractivity contribution in [1.29, 1.82) is 0 Å². The Labute approximate surface area is 185 Å². The molecule has 0 bridgehead atoms. The SMILES string of the molecule is CCN1CCN(c2cnc3cncc(NC(C)c4cc(N)cc(C(F)(F)F)c4)c3c2)CC1. The molecule has 2 aromatic heterocycles. The zero-order valence-corrected chi connectivity index (χ0v) is 18.2. The van der Waals surface area contributed by atoms with Gasteiger partial charge in [-0.25, -0.2) is 0 Å². The topological polar surface area (TPSA) is 70.3 Å². The van der Waals surface area contributed by atoms with Crippen molar-refractivity contribution in [1.82, 2.24) is 14.9 Å². The third-order valence-electron chi connectivity index (χ3n) is 5.96. The van der Waals surface area contributed by atoms with Gasteiger partial charge in [0.25, 0.3) is 0 Å². The summed E-state index contributed by atoms with van der Waals surface area (Å²) in [6.07, 6.45) is 0.764. The minimum atomic E-state index is -4.45. The Bertz CT molecular complexity index is 1090. The van der Waals surface area contributed by atoms with Crippen molar-refractivity contribution in [2.45, 2.75) is 26.1 Å². The van der Waals surface area contributed by atoms with Crippen molar-refractivity contribution in [2.24, 2.45) is 0 Å². The van der Waals surface area contributed by atoms with Gasteiger partial charge in [-0.05, 0) is 43.3 Å². The number of fused-ring (bicyclic) bond motifs is 1. The lowest BCUT2D eigenvalue weighted by molar-refractivity contribution is -0.137. The summed E-state index contributed by atoms with van der Waals surface area (Å²) in [5.74, 6) is 0. The van der Waals surface area contributed by atoms with Crippen molar-refractivity contribution in [3.05, 3.63) is 54.0 Å². The van der Waals surface area contributed by atoms with Gasteiger partial charge in [0.05, 0.1) is 41.0 Å². The number of anilines is 3. The first-order valence-electron chi connectivity index (χ1n) is 10.7. The molecule has 6 nitrogen and oxygen atoms in total. The predicted octanol–water partition coefficient (Wildman–Crippen LogP) is 4.55. The number of nitrogens with two attached hydrogens (primary N) is 1. The number of nitrogens with one attached hydrogen (secondary N) is 1. The number of aromatic nitrogens is 2. The Morgan fingerprint density at radius 2 is 1.81 bits per heavy atom. The fraction of sp³-hybridized carbons (Fsp3) is 0.391. The molecule has 3 N–H and O–H groups in total. The van der Waals surface area contributed by atoms with Crippen LogP contribution in [-0.2, 0) is 6.18 Å². The molecule has 1 atom stereocenters. The van der Waals surface area contributed by atoms with E-state index in [4.69, 9.17) is 5.73 Å². The zero-order valence-electron chi connectivity index (χ0n) is 18.2. The lowest BCUT2D eigenvalue weighted by Gasteiger charge is -2.35. The van der Waals surface area contributed by atoms with Gasteiger partial charge >= 0.3 is 6.18 Å². The second-order valence-corrected chi connectivity index (χ2v) is 8.12. The lowest BCUT2D eigenvalue weighted by atomic mass is 10.0. The summed E-state index contributed by atoms with van der Waals surface area (Å²) >= 11 is 0. The molecule has 1 unspecified atom stereocenters. The zero-order chi connectivity index (χ0) is 22.9. The number of nitrogen functional groups attached to an aromatic ring is 1. The number of alkyl halides is 3. The summed E-state index contributed by atoms with van der Waals surface area (Å²) in [5, 5.41) is 4.18. The highest BCUT2D eigenvalue weighted by Crippen LogP contribution is 2.34. The number of hydrogen-bond donors (Lipinski definition) is 2. The number of hydrogen-bond acceptors (Lipinski definition) is 6. The van der Waals surface area contributed by atoms with Crippen LogP contribution in [0.3, 0.4) is 0 Å². The van der Waals surface area contributed by atoms with Gasteiger partial charge in [0.1, 0.15) is 0 Å². The summed E-state index contributed by atoms with van der Waals surface area (Å²) < 4.78 is 39.6. The Morgan fingerprint density at radius 1 is 1.06 bits per heavy atom. The normalized spacial score (nSPS) is 16.3. The van der Waals surface area contributed by atoms with Crippen LogP contribution in [0.2, 0.25) is 0 Å². The Morgan fingerprint density at radius 3 is 2.50 bits per heavy atom. The first kappa shape index (κ1) is 22.1. The predicted molar refractivity (Wildman–Crippen MR) is 122 cm³/mol. The van der Waals surface area contributed by atoms with E-state index in [1.807, 2.05) is 6.20 Å². The third-order valence-corrected chi connectivity index (χ3v) is 5.96. The van der Waals surface area contributed by atoms with E-state index in [0.29, 0.717) is 11.3 Å². The monoisotopic (exact) mass is 444 g/mol. The Balaban J connectivity index is 1.61. The summed E-state index contributed by atoms with van der Waals surface area (Å²) in [5.41, 5.74) is 7.98. The van der Waals surface area contributed by atoms with E-state index in [0.717, 1.165) is 61.4 Å². The van der Waals surface area contributed by atoms with Gasteiger partial charge in [-0.15, -0.1) is 0 Å². The highest BCUT2D eigenvalue weighted by Gasteiger charge is 2.31. The van der Waals surface area contributed by atoms with E-state index >= 15 is 0 Å². The molecule has 0 spiro atoms. The number of pyridine rings is 2. The minimum absolute atomic E-state index is 0.0784. The van der Waals surface area contributed by atoms with Gasteiger partial charge in [-0.3, -0.25) is 9.97 Å². The number of benzene rings is 1. The van der Waals surface area contributed by atoms with Crippen LogP contribution in [0, 0.1) is 0 Å². The second kappa shape index (κ2) is 8.82. The molecule has 0 amide bonds.